The van der Waals surface area contributed by atoms with Crippen LogP contribution < -0.4 is 0 Å². The lowest BCUT2D eigenvalue weighted by Crippen LogP contribution is -2.25. The van der Waals surface area contributed by atoms with Crippen LogP contribution in [0.25, 0.3) is 5.69 Å². The molecule has 19 heavy (non-hydrogen) atoms. The summed E-state index contributed by atoms with van der Waals surface area (Å²) in [4.78, 5) is 0. The number of aliphatic hydroxyl groups is 1. The zero-order valence-electron chi connectivity index (χ0n) is 11.4. The fourth-order valence-electron chi connectivity index (χ4n) is 1.92. The molecule has 1 aromatic carbocycles. The zero-order valence-corrected chi connectivity index (χ0v) is 11.4. The zero-order chi connectivity index (χ0) is 14.0. The van der Waals surface area contributed by atoms with E-state index in [0.29, 0.717) is 24.2 Å². The molecule has 1 heterocycles. The molecule has 2 aromatic rings. The van der Waals surface area contributed by atoms with Crippen molar-refractivity contribution in [3.05, 3.63) is 41.5 Å². The van der Waals surface area contributed by atoms with E-state index in [0.717, 1.165) is 5.56 Å². The van der Waals surface area contributed by atoms with Crippen molar-refractivity contribution in [1.82, 2.24) is 15.0 Å². The number of benzene rings is 1. The molecular weight excluding hydrogens is 245 g/mol. The lowest BCUT2D eigenvalue weighted by Gasteiger charge is -2.18. The van der Waals surface area contributed by atoms with E-state index >= 15 is 0 Å². The Morgan fingerprint density at radius 3 is 2.79 bits per heavy atom. The van der Waals surface area contributed by atoms with Gasteiger partial charge >= 0.3 is 0 Å². The van der Waals surface area contributed by atoms with Gasteiger partial charge in [-0.1, -0.05) is 24.3 Å². The van der Waals surface area contributed by atoms with Gasteiger partial charge in [0.15, 0.2) is 0 Å². The average molecular weight is 263 g/mol. The summed E-state index contributed by atoms with van der Waals surface area (Å²) in [5.74, 6) is -0.335. The van der Waals surface area contributed by atoms with E-state index < -0.39 is 5.60 Å². The maximum Gasteiger partial charge on any atom is 0.149 e. The maximum atomic E-state index is 13.8. The van der Waals surface area contributed by atoms with Gasteiger partial charge in [-0.2, -0.15) is 0 Å². The van der Waals surface area contributed by atoms with Gasteiger partial charge in [-0.3, -0.25) is 0 Å². The third-order valence-corrected chi connectivity index (χ3v) is 3.28. The number of aryl methyl sites for hydroxylation is 1. The fourth-order valence-corrected chi connectivity index (χ4v) is 1.92. The van der Waals surface area contributed by atoms with E-state index in [1.807, 2.05) is 19.9 Å². The van der Waals surface area contributed by atoms with Crippen LogP contribution in [0.1, 0.15) is 31.5 Å². The molecular formula is C14H18FN3O. The molecule has 0 aliphatic heterocycles. The quantitative estimate of drug-likeness (QED) is 0.921. The van der Waals surface area contributed by atoms with Gasteiger partial charge < -0.3 is 5.11 Å². The van der Waals surface area contributed by atoms with Gasteiger partial charge in [0, 0.05) is 6.42 Å². The van der Waals surface area contributed by atoms with E-state index in [1.54, 1.807) is 19.2 Å². The molecule has 0 aliphatic carbocycles. The molecule has 0 aliphatic rings. The molecule has 0 saturated heterocycles. The SMILES string of the molecule is CCC(C)(O)Cc1cn(-c2c(C)cccc2F)nn1. The third-order valence-electron chi connectivity index (χ3n) is 3.28. The second-order valence-corrected chi connectivity index (χ2v) is 5.09. The summed E-state index contributed by atoms with van der Waals surface area (Å²) in [5.41, 5.74) is 1.02. The van der Waals surface area contributed by atoms with Crippen molar-refractivity contribution in [3.8, 4) is 5.69 Å². The molecule has 4 nitrogen and oxygen atoms in total. The van der Waals surface area contributed by atoms with Crippen LogP contribution in [0.3, 0.4) is 0 Å². The summed E-state index contributed by atoms with van der Waals surface area (Å²) >= 11 is 0. The molecule has 1 atom stereocenters. The number of rotatable bonds is 4. The topological polar surface area (TPSA) is 50.9 Å². The van der Waals surface area contributed by atoms with Gasteiger partial charge in [0.1, 0.15) is 11.5 Å². The minimum Gasteiger partial charge on any atom is -0.390 e. The largest absolute Gasteiger partial charge is 0.390 e. The van der Waals surface area contributed by atoms with Gasteiger partial charge in [-0.15, -0.1) is 5.10 Å². The Bertz CT molecular complexity index is 558. The Hall–Kier alpha value is -1.75. The van der Waals surface area contributed by atoms with Crippen LogP contribution in [0.2, 0.25) is 0 Å². The monoisotopic (exact) mass is 263 g/mol. The van der Waals surface area contributed by atoms with Crippen molar-refractivity contribution in [2.24, 2.45) is 0 Å². The van der Waals surface area contributed by atoms with E-state index in [1.165, 1.54) is 10.7 Å². The van der Waals surface area contributed by atoms with Crippen LogP contribution >= 0.6 is 0 Å². The van der Waals surface area contributed by atoms with Crippen molar-refractivity contribution in [2.45, 2.75) is 39.2 Å². The molecule has 1 N–H and O–H groups in total. The molecule has 0 radical (unpaired) electrons. The molecule has 0 bridgehead atoms. The number of hydrogen-bond acceptors (Lipinski definition) is 3. The van der Waals surface area contributed by atoms with Gasteiger partial charge in [0.2, 0.25) is 0 Å². The number of para-hydroxylation sites is 1. The molecule has 2 rings (SSSR count). The van der Waals surface area contributed by atoms with Crippen molar-refractivity contribution >= 4 is 0 Å². The first-order valence-corrected chi connectivity index (χ1v) is 6.32. The highest BCUT2D eigenvalue weighted by Gasteiger charge is 2.20. The first-order chi connectivity index (χ1) is 8.93. The Labute approximate surface area is 111 Å². The van der Waals surface area contributed by atoms with Crippen LogP contribution in [-0.2, 0) is 6.42 Å². The summed E-state index contributed by atoms with van der Waals surface area (Å²) in [6, 6.07) is 4.88. The van der Waals surface area contributed by atoms with E-state index in [2.05, 4.69) is 10.3 Å². The summed E-state index contributed by atoms with van der Waals surface area (Å²) < 4.78 is 15.2. The van der Waals surface area contributed by atoms with Gasteiger partial charge in [0.05, 0.1) is 17.5 Å². The molecule has 0 spiro atoms. The fraction of sp³-hybridized carbons (Fsp3) is 0.429. The third kappa shape index (κ3) is 2.98. The van der Waals surface area contributed by atoms with E-state index in [-0.39, 0.29) is 5.82 Å². The first kappa shape index (κ1) is 13.7. The Balaban J connectivity index is 2.31. The summed E-state index contributed by atoms with van der Waals surface area (Å²) in [5, 5.41) is 18.0. The van der Waals surface area contributed by atoms with Crippen LogP contribution in [0.4, 0.5) is 4.39 Å². The van der Waals surface area contributed by atoms with Crippen molar-refractivity contribution in [3.63, 3.8) is 0 Å². The maximum absolute atomic E-state index is 13.8. The number of hydrogen-bond donors (Lipinski definition) is 1. The Kier molecular flexibility index (Phi) is 3.66. The number of halogens is 1. The summed E-state index contributed by atoms with van der Waals surface area (Å²) in [6.45, 7) is 5.48. The van der Waals surface area contributed by atoms with Crippen molar-refractivity contribution in [2.75, 3.05) is 0 Å². The molecule has 1 aromatic heterocycles. The molecule has 5 heteroatoms. The van der Waals surface area contributed by atoms with Gasteiger partial charge in [-0.05, 0) is 31.9 Å². The molecule has 0 saturated carbocycles. The van der Waals surface area contributed by atoms with Crippen LogP contribution in [0.15, 0.2) is 24.4 Å². The second-order valence-electron chi connectivity index (χ2n) is 5.09. The summed E-state index contributed by atoms with van der Waals surface area (Å²) in [7, 11) is 0. The van der Waals surface area contributed by atoms with E-state index in [4.69, 9.17) is 0 Å². The number of aromatic nitrogens is 3. The second kappa shape index (κ2) is 5.09. The van der Waals surface area contributed by atoms with Crippen LogP contribution in [0, 0.1) is 12.7 Å². The molecule has 0 fully saturated rings. The predicted octanol–water partition coefficient (Wildman–Crippen LogP) is 2.42. The lowest BCUT2D eigenvalue weighted by molar-refractivity contribution is 0.0554. The first-order valence-electron chi connectivity index (χ1n) is 6.32. The number of nitrogens with zero attached hydrogens (tertiary/aromatic N) is 3. The standard InChI is InChI=1S/C14H18FN3O/c1-4-14(3,19)8-11-9-18(17-16-11)13-10(2)6-5-7-12(13)15/h5-7,9,19H,4,8H2,1-3H3. The highest BCUT2D eigenvalue weighted by molar-refractivity contribution is 5.40. The van der Waals surface area contributed by atoms with Gasteiger partial charge in [-0.25, -0.2) is 9.07 Å². The van der Waals surface area contributed by atoms with E-state index in [9.17, 15) is 9.50 Å². The Morgan fingerprint density at radius 1 is 1.42 bits per heavy atom. The smallest absolute Gasteiger partial charge is 0.149 e. The lowest BCUT2D eigenvalue weighted by atomic mass is 9.98. The molecule has 0 amide bonds. The molecule has 1 unspecified atom stereocenters. The predicted molar refractivity (Wildman–Crippen MR) is 70.7 cm³/mol. The minimum absolute atomic E-state index is 0.335. The van der Waals surface area contributed by atoms with Gasteiger partial charge in [0.25, 0.3) is 0 Å². The Morgan fingerprint density at radius 2 is 2.16 bits per heavy atom. The summed E-state index contributed by atoms with van der Waals surface area (Å²) in [6.07, 6.45) is 2.69. The van der Waals surface area contributed by atoms with Crippen molar-refractivity contribution < 1.29 is 9.50 Å². The average Bonchev–Trinajstić information content (AvgIpc) is 2.76. The van der Waals surface area contributed by atoms with Crippen molar-refractivity contribution in [1.29, 1.82) is 0 Å². The highest BCUT2D eigenvalue weighted by Crippen LogP contribution is 2.19. The molecule has 102 valence electrons. The van der Waals surface area contributed by atoms with Crippen LogP contribution in [0.5, 0.6) is 0 Å². The normalized spacial score (nSPS) is 14.4. The van der Waals surface area contributed by atoms with Crippen LogP contribution in [-0.4, -0.2) is 25.7 Å². The minimum atomic E-state index is -0.814. The highest BCUT2D eigenvalue weighted by atomic mass is 19.1.